The Labute approximate surface area is 128 Å². The molecular weight excluding hydrogens is 258 g/mol. The maximum Gasteiger partial charge on any atom is 0.0666 e. The van der Waals surface area contributed by atoms with E-state index < -0.39 is 0 Å². The maximum absolute atomic E-state index is 4.59. The number of rotatable bonds is 5. The molecular formula is C18H27N3. The normalized spacial score (nSPS) is 13.6. The van der Waals surface area contributed by atoms with E-state index in [4.69, 9.17) is 0 Å². The minimum absolute atomic E-state index is 0.128. The third-order valence-corrected chi connectivity index (χ3v) is 3.66. The lowest BCUT2D eigenvalue weighted by Gasteiger charge is -2.27. The first-order valence-electron chi connectivity index (χ1n) is 7.71. The highest BCUT2D eigenvalue weighted by Crippen LogP contribution is 2.23. The first-order chi connectivity index (χ1) is 9.87. The van der Waals surface area contributed by atoms with E-state index in [0.29, 0.717) is 12.0 Å². The van der Waals surface area contributed by atoms with Crippen LogP contribution in [0, 0.1) is 5.92 Å². The van der Waals surface area contributed by atoms with Crippen molar-refractivity contribution >= 4 is 0 Å². The van der Waals surface area contributed by atoms with Gasteiger partial charge in [-0.2, -0.15) is 5.10 Å². The topological polar surface area (TPSA) is 29.9 Å². The van der Waals surface area contributed by atoms with Gasteiger partial charge in [0.2, 0.25) is 0 Å². The van der Waals surface area contributed by atoms with Crippen molar-refractivity contribution in [3.63, 3.8) is 0 Å². The Kier molecular flexibility index (Phi) is 4.84. The van der Waals surface area contributed by atoms with Crippen LogP contribution >= 0.6 is 0 Å². The Balaban J connectivity index is 2.16. The molecule has 3 heteroatoms. The number of nitrogens with one attached hydrogen (secondary N) is 1. The fourth-order valence-electron chi connectivity index (χ4n) is 2.34. The molecule has 1 aromatic heterocycles. The second-order valence-electron chi connectivity index (χ2n) is 7.02. The zero-order valence-electron chi connectivity index (χ0n) is 13.8. The third-order valence-electron chi connectivity index (χ3n) is 3.66. The second kappa shape index (κ2) is 6.44. The molecule has 1 aromatic carbocycles. The number of nitrogens with zero attached hydrogens (tertiary/aromatic N) is 2. The van der Waals surface area contributed by atoms with Gasteiger partial charge in [0.25, 0.3) is 0 Å². The van der Waals surface area contributed by atoms with Crippen molar-refractivity contribution in [1.29, 1.82) is 0 Å². The van der Waals surface area contributed by atoms with Gasteiger partial charge in [-0.05, 0) is 32.3 Å². The van der Waals surface area contributed by atoms with Crippen LogP contribution in [0.5, 0.6) is 0 Å². The lowest BCUT2D eigenvalue weighted by atomic mass is 10.0. The molecule has 0 spiro atoms. The van der Waals surface area contributed by atoms with Gasteiger partial charge in [-0.15, -0.1) is 0 Å². The summed E-state index contributed by atoms with van der Waals surface area (Å²) in [5, 5.41) is 8.18. The van der Waals surface area contributed by atoms with Crippen molar-refractivity contribution in [3.8, 4) is 11.1 Å². The minimum atomic E-state index is 0.128. The Hall–Kier alpha value is -1.61. The summed E-state index contributed by atoms with van der Waals surface area (Å²) in [6, 6.07) is 10.8. The fraction of sp³-hybridized carbons (Fsp3) is 0.500. The van der Waals surface area contributed by atoms with Crippen LogP contribution < -0.4 is 5.32 Å². The third kappa shape index (κ3) is 4.43. The smallest absolute Gasteiger partial charge is 0.0666 e. The highest BCUT2D eigenvalue weighted by Gasteiger charge is 2.19. The van der Waals surface area contributed by atoms with Gasteiger partial charge in [-0.1, -0.05) is 44.2 Å². The molecule has 0 aliphatic heterocycles. The quantitative estimate of drug-likeness (QED) is 0.895. The van der Waals surface area contributed by atoms with Crippen LogP contribution in [0.4, 0.5) is 0 Å². The first-order valence-corrected chi connectivity index (χ1v) is 7.71. The average molecular weight is 285 g/mol. The van der Waals surface area contributed by atoms with Crippen molar-refractivity contribution < 1.29 is 0 Å². The van der Waals surface area contributed by atoms with Crippen LogP contribution in [0.2, 0.25) is 0 Å². The number of hydrogen-bond acceptors (Lipinski definition) is 2. The van der Waals surface area contributed by atoms with E-state index in [-0.39, 0.29) is 5.54 Å². The molecule has 1 unspecified atom stereocenters. The van der Waals surface area contributed by atoms with Crippen molar-refractivity contribution in [2.24, 2.45) is 5.92 Å². The van der Waals surface area contributed by atoms with E-state index in [2.05, 4.69) is 80.2 Å². The first kappa shape index (κ1) is 15.8. The molecule has 0 amide bonds. The Bertz CT molecular complexity index is 549. The molecule has 0 saturated heterocycles. The fourth-order valence-corrected chi connectivity index (χ4v) is 2.34. The van der Waals surface area contributed by atoms with Gasteiger partial charge in [0.05, 0.1) is 12.2 Å². The molecule has 1 heterocycles. The number of aromatic nitrogens is 2. The monoisotopic (exact) mass is 285 g/mol. The Morgan fingerprint density at radius 2 is 1.76 bits per heavy atom. The molecule has 0 bridgehead atoms. The van der Waals surface area contributed by atoms with Crippen LogP contribution in [0.15, 0.2) is 42.7 Å². The van der Waals surface area contributed by atoms with E-state index in [1.165, 1.54) is 11.1 Å². The van der Waals surface area contributed by atoms with Crippen molar-refractivity contribution in [2.75, 3.05) is 6.54 Å². The van der Waals surface area contributed by atoms with Crippen LogP contribution in [0.25, 0.3) is 11.1 Å². The van der Waals surface area contributed by atoms with Gasteiger partial charge in [-0.25, -0.2) is 0 Å². The van der Waals surface area contributed by atoms with Crippen LogP contribution in [-0.4, -0.2) is 21.9 Å². The Morgan fingerprint density at radius 3 is 2.33 bits per heavy atom. The van der Waals surface area contributed by atoms with Crippen LogP contribution in [0.3, 0.4) is 0 Å². The maximum atomic E-state index is 4.59. The molecule has 21 heavy (non-hydrogen) atoms. The van der Waals surface area contributed by atoms with Crippen LogP contribution in [-0.2, 0) is 0 Å². The van der Waals surface area contributed by atoms with E-state index in [0.717, 1.165) is 6.54 Å². The molecule has 0 radical (unpaired) electrons. The summed E-state index contributed by atoms with van der Waals surface area (Å²) in [6.07, 6.45) is 4.12. The summed E-state index contributed by atoms with van der Waals surface area (Å²) in [4.78, 5) is 0. The molecule has 114 valence electrons. The lowest BCUT2D eigenvalue weighted by molar-refractivity contribution is 0.294. The largest absolute Gasteiger partial charge is 0.310 e. The zero-order chi connectivity index (χ0) is 15.5. The molecule has 3 nitrogen and oxygen atoms in total. The predicted molar refractivity (Wildman–Crippen MR) is 89.3 cm³/mol. The lowest BCUT2D eigenvalue weighted by Crippen LogP contribution is -2.41. The molecule has 0 aliphatic carbocycles. The SMILES string of the molecule is CC(C)C(CNC(C)(C)C)n1cc(-c2ccccc2)cn1. The zero-order valence-corrected chi connectivity index (χ0v) is 13.8. The molecule has 0 saturated carbocycles. The van der Waals surface area contributed by atoms with E-state index in [9.17, 15) is 0 Å². The molecule has 2 rings (SSSR count). The standard InChI is InChI=1S/C18H27N3/c1-14(2)17(12-19-18(3,4)5)21-13-16(11-20-21)15-9-7-6-8-10-15/h6-11,13-14,17,19H,12H2,1-5H3. The summed E-state index contributed by atoms with van der Waals surface area (Å²) in [5.41, 5.74) is 2.52. The van der Waals surface area contributed by atoms with E-state index in [1.54, 1.807) is 0 Å². The highest BCUT2D eigenvalue weighted by molar-refractivity contribution is 5.61. The molecule has 0 fully saturated rings. The van der Waals surface area contributed by atoms with Crippen molar-refractivity contribution in [3.05, 3.63) is 42.7 Å². The van der Waals surface area contributed by atoms with Gasteiger partial charge in [0.1, 0.15) is 0 Å². The highest BCUT2D eigenvalue weighted by atomic mass is 15.3. The summed E-state index contributed by atoms with van der Waals surface area (Å²) in [7, 11) is 0. The molecule has 1 N–H and O–H groups in total. The van der Waals surface area contributed by atoms with Gasteiger partial charge >= 0.3 is 0 Å². The molecule has 2 aromatic rings. The summed E-state index contributed by atoms with van der Waals surface area (Å²) >= 11 is 0. The van der Waals surface area contributed by atoms with Gasteiger partial charge < -0.3 is 5.32 Å². The van der Waals surface area contributed by atoms with Gasteiger partial charge in [0, 0.05) is 23.8 Å². The molecule has 1 atom stereocenters. The summed E-state index contributed by atoms with van der Waals surface area (Å²) in [5.74, 6) is 0.531. The minimum Gasteiger partial charge on any atom is -0.310 e. The van der Waals surface area contributed by atoms with E-state index >= 15 is 0 Å². The molecule has 0 aliphatic rings. The Morgan fingerprint density at radius 1 is 1.10 bits per heavy atom. The van der Waals surface area contributed by atoms with E-state index in [1.807, 2.05) is 12.3 Å². The van der Waals surface area contributed by atoms with Crippen LogP contribution in [0.1, 0.15) is 40.7 Å². The summed E-state index contributed by atoms with van der Waals surface area (Å²) < 4.78 is 2.10. The average Bonchev–Trinajstić information content (AvgIpc) is 2.88. The van der Waals surface area contributed by atoms with Crippen molar-refractivity contribution in [1.82, 2.24) is 15.1 Å². The predicted octanol–water partition coefficient (Wildman–Crippen LogP) is 4.14. The number of hydrogen-bond donors (Lipinski definition) is 1. The van der Waals surface area contributed by atoms with Crippen molar-refractivity contribution in [2.45, 2.75) is 46.2 Å². The van der Waals surface area contributed by atoms with Gasteiger partial charge in [0.15, 0.2) is 0 Å². The van der Waals surface area contributed by atoms with Gasteiger partial charge in [-0.3, -0.25) is 4.68 Å². The second-order valence-corrected chi connectivity index (χ2v) is 7.02. The summed E-state index contributed by atoms with van der Waals surface area (Å²) in [6.45, 7) is 12.0. The number of benzene rings is 1.